The monoisotopic (exact) mass is 628 g/mol. The molecule has 1 aliphatic rings. The van der Waals surface area contributed by atoms with Gasteiger partial charge < -0.3 is 25.2 Å². The molecule has 0 amide bonds. The fraction of sp³-hybridized carbons (Fsp3) is 0.561. The molecule has 4 rings (SSSR count). The van der Waals surface area contributed by atoms with Crippen LogP contribution in [0.25, 0.3) is 11.1 Å². The minimum absolute atomic E-state index is 0.0473. The third kappa shape index (κ3) is 11.6. The topological polar surface area (TPSA) is 68.0 Å². The van der Waals surface area contributed by atoms with Crippen LogP contribution in [-0.2, 0) is 22.6 Å². The van der Waals surface area contributed by atoms with Crippen molar-refractivity contribution < 1.29 is 14.6 Å². The number of unbranched alkanes of at least 4 members (excludes halogenated alkanes) is 10. The molecule has 0 saturated carbocycles. The number of rotatable bonds is 21. The van der Waals surface area contributed by atoms with Gasteiger partial charge in [-0.25, -0.2) is 0 Å². The standard InChI is InChI=1S/C41H60N2O3/c1-3-5-7-9-11-15-27-43(28-16-12-10-8-6-4-2)31-38-29-40(35-21-19-33(32-44)20-22-35)46-41(45-38)36-25-23-34(24-26-36)39-18-14-13-17-37(39)30-42/h13-14,17-26,38,40-41,44H,3-12,15-16,27-32,42H2,1-2H3. The van der Waals surface area contributed by atoms with Crippen LogP contribution in [-0.4, -0.2) is 35.7 Å². The number of ether oxygens (including phenoxy) is 2. The third-order valence-corrected chi connectivity index (χ3v) is 9.46. The third-order valence-electron chi connectivity index (χ3n) is 9.46. The van der Waals surface area contributed by atoms with Crippen LogP contribution >= 0.6 is 0 Å². The van der Waals surface area contributed by atoms with E-state index in [0.29, 0.717) is 6.54 Å². The maximum absolute atomic E-state index is 9.61. The van der Waals surface area contributed by atoms with Crippen molar-refractivity contribution in [1.29, 1.82) is 0 Å². The summed E-state index contributed by atoms with van der Waals surface area (Å²) < 4.78 is 13.5. The quantitative estimate of drug-likeness (QED) is 0.115. The molecule has 3 unspecified atom stereocenters. The number of hydrogen-bond acceptors (Lipinski definition) is 5. The summed E-state index contributed by atoms with van der Waals surface area (Å²) in [4.78, 5) is 2.67. The summed E-state index contributed by atoms with van der Waals surface area (Å²) in [5.74, 6) is 0. The van der Waals surface area contributed by atoms with Crippen LogP contribution in [0.4, 0.5) is 0 Å². The second-order valence-electron chi connectivity index (χ2n) is 13.2. The largest absolute Gasteiger partial charge is 0.392 e. The van der Waals surface area contributed by atoms with Gasteiger partial charge in [0.25, 0.3) is 0 Å². The summed E-state index contributed by atoms with van der Waals surface area (Å²) in [5.41, 5.74) is 12.6. The van der Waals surface area contributed by atoms with E-state index in [1.54, 1.807) is 0 Å². The number of nitrogens with two attached hydrogens (primary N) is 1. The molecule has 0 spiro atoms. The predicted octanol–water partition coefficient (Wildman–Crippen LogP) is 9.87. The van der Waals surface area contributed by atoms with Crippen LogP contribution in [0.2, 0.25) is 0 Å². The van der Waals surface area contributed by atoms with Gasteiger partial charge >= 0.3 is 0 Å². The van der Waals surface area contributed by atoms with E-state index in [0.717, 1.165) is 53.9 Å². The van der Waals surface area contributed by atoms with Gasteiger partial charge in [0.15, 0.2) is 6.29 Å². The second-order valence-corrected chi connectivity index (χ2v) is 13.2. The zero-order chi connectivity index (χ0) is 32.4. The second kappa shape index (κ2) is 20.6. The smallest absolute Gasteiger partial charge is 0.184 e. The summed E-state index contributed by atoms with van der Waals surface area (Å²) in [5, 5.41) is 9.61. The molecule has 252 valence electrons. The fourth-order valence-corrected chi connectivity index (χ4v) is 6.65. The summed E-state index contributed by atoms with van der Waals surface area (Å²) >= 11 is 0. The van der Waals surface area contributed by atoms with Crippen molar-refractivity contribution in [3.05, 3.63) is 95.1 Å². The fourth-order valence-electron chi connectivity index (χ4n) is 6.65. The lowest BCUT2D eigenvalue weighted by atomic mass is 9.97. The van der Waals surface area contributed by atoms with Gasteiger partial charge in [-0.05, 0) is 53.7 Å². The van der Waals surface area contributed by atoms with Gasteiger partial charge in [0.1, 0.15) is 0 Å². The van der Waals surface area contributed by atoms with E-state index in [1.807, 2.05) is 18.2 Å². The van der Waals surface area contributed by atoms with Gasteiger partial charge in [-0.15, -0.1) is 0 Å². The first kappa shape index (κ1) is 36.3. The van der Waals surface area contributed by atoms with E-state index in [4.69, 9.17) is 15.2 Å². The van der Waals surface area contributed by atoms with E-state index < -0.39 is 6.29 Å². The highest BCUT2D eigenvalue weighted by Gasteiger charge is 2.33. The summed E-state index contributed by atoms with van der Waals surface area (Å²) in [7, 11) is 0. The van der Waals surface area contributed by atoms with Crippen LogP contribution in [0, 0.1) is 0 Å². The van der Waals surface area contributed by atoms with Crippen molar-refractivity contribution in [3.8, 4) is 11.1 Å². The van der Waals surface area contributed by atoms with Crippen molar-refractivity contribution >= 4 is 0 Å². The highest BCUT2D eigenvalue weighted by atomic mass is 16.7. The van der Waals surface area contributed by atoms with Crippen molar-refractivity contribution in [2.75, 3.05) is 19.6 Å². The highest BCUT2D eigenvalue weighted by molar-refractivity contribution is 5.67. The van der Waals surface area contributed by atoms with Crippen LogP contribution in [0.3, 0.4) is 0 Å². The van der Waals surface area contributed by atoms with Gasteiger partial charge in [-0.1, -0.05) is 151 Å². The summed E-state index contributed by atoms with van der Waals surface area (Å²) in [6.07, 6.45) is 16.2. The van der Waals surface area contributed by atoms with Crippen molar-refractivity contribution in [2.45, 2.75) is 129 Å². The van der Waals surface area contributed by atoms with E-state index in [9.17, 15) is 5.11 Å². The molecule has 1 heterocycles. The molecule has 3 aromatic rings. The van der Waals surface area contributed by atoms with Gasteiger partial charge in [-0.3, -0.25) is 0 Å². The molecule has 0 bridgehead atoms. The predicted molar refractivity (Wildman–Crippen MR) is 191 cm³/mol. The van der Waals surface area contributed by atoms with Crippen LogP contribution < -0.4 is 5.73 Å². The maximum Gasteiger partial charge on any atom is 0.184 e. The SMILES string of the molecule is CCCCCCCCN(CCCCCCCC)CC1CC(c2ccc(CO)cc2)OC(c2ccc(-c3ccccc3CN)cc2)O1. The lowest BCUT2D eigenvalue weighted by molar-refractivity contribution is -0.253. The van der Waals surface area contributed by atoms with Crippen LogP contribution in [0.15, 0.2) is 72.8 Å². The van der Waals surface area contributed by atoms with Gasteiger partial charge in [0.05, 0.1) is 18.8 Å². The molecule has 46 heavy (non-hydrogen) atoms. The molecule has 5 nitrogen and oxygen atoms in total. The Morgan fingerprint density at radius 1 is 0.696 bits per heavy atom. The molecular formula is C41H60N2O3. The normalized spacial score (nSPS) is 18.3. The minimum atomic E-state index is -0.440. The average molecular weight is 629 g/mol. The zero-order valence-corrected chi connectivity index (χ0v) is 28.7. The van der Waals surface area contributed by atoms with Gasteiger partial charge in [0, 0.05) is 25.1 Å². The van der Waals surface area contributed by atoms with E-state index in [1.165, 1.54) is 82.6 Å². The summed E-state index contributed by atoms with van der Waals surface area (Å²) in [6, 6.07) is 25.2. The highest BCUT2D eigenvalue weighted by Crippen LogP contribution is 2.39. The number of hydrogen-bond donors (Lipinski definition) is 2. The Morgan fingerprint density at radius 3 is 1.89 bits per heavy atom. The molecule has 0 aromatic heterocycles. The lowest BCUT2D eigenvalue weighted by Gasteiger charge is -2.38. The minimum Gasteiger partial charge on any atom is -0.392 e. The Labute approximate surface area is 279 Å². The Morgan fingerprint density at radius 2 is 1.28 bits per heavy atom. The van der Waals surface area contributed by atoms with Crippen LogP contribution in [0.1, 0.15) is 132 Å². The van der Waals surface area contributed by atoms with Crippen molar-refractivity contribution in [1.82, 2.24) is 4.90 Å². The average Bonchev–Trinajstić information content (AvgIpc) is 3.11. The molecule has 1 saturated heterocycles. The van der Waals surface area contributed by atoms with Crippen molar-refractivity contribution in [2.24, 2.45) is 5.73 Å². The van der Waals surface area contributed by atoms with Gasteiger partial charge in [-0.2, -0.15) is 0 Å². The summed E-state index contributed by atoms with van der Waals surface area (Å²) in [6.45, 7) is 8.33. The Kier molecular flexibility index (Phi) is 16.3. The van der Waals surface area contributed by atoms with Crippen LogP contribution in [0.5, 0.6) is 0 Å². The van der Waals surface area contributed by atoms with Gasteiger partial charge in [0.2, 0.25) is 0 Å². The molecule has 3 atom stereocenters. The number of aliphatic hydroxyl groups is 1. The molecular weight excluding hydrogens is 568 g/mol. The zero-order valence-electron chi connectivity index (χ0n) is 28.7. The molecule has 1 fully saturated rings. The Bertz CT molecular complexity index is 1210. The number of benzene rings is 3. The number of nitrogens with zero attached hydrogens (tertiary/aromatic N) is 1. The maximum atomic E-state index is 9.61. The molecule has 0 radical (unpaired) electrons. The van der Waals surface area contributed by atoms with E-state index in [2.05, 4.69) is 73.3 Å². The first-order chi connectivity index (χ1) is 22.6. The number of aliphatic hydroxyl groups excluding tert-OH is 1. The van der Waals surface area contributed by atoms with Crippen molar-refractivity contribution in [3.63, 3.8) is 0 Å². The van der Waals surface area contributed by atoms with E-state index >= 15 is 0 Å². The Hall–Kier alpha value is -2.54. The first-order valence-corrected chi connectivity index (χ1v) is 18.3. The molecule has 3 N–H and O–H groups in total. The molecule has 0 aliphatic carbocycles. The molecule has 3 aromatic carbocycles. The first-order valence-electron chi connectivity index (χ1n) is 18.3. The molecule has 1 aliphatic heterocycles. The Balaban J connectivity index is 1.48. The lowest BCUT2D eigenvalue weighted by Crippen LogP contribution is -2.40. The molecule has 5 heteroatoms. The van der Waals surface area contributed by atoms with E-state index in [-0.39, 0.29) is 18.8 Å².